The second-order valence-corrected chi connectivity index (χ2v) is 4.23. The molecule has 4 heteroatoms. The first kappa shape index (κ1) is 12.4. The molecular formula is C14H16N2O2. The van der Waals surface area contributed by atoms with Crippen LogP contribution in [-0.4, -0.2) is 17.6 Å². The third-order valence-electron chi connectivity index (χ3n) is 2.82. The fourth-order valence-electron chi connectivity index (χ4n) is 1.86. The molecule has 0 unspecified atom stereocenters. The lowest BCUT2D eigenvalue weighted by atomic mass is 10.2. The van der Waals surface area contributed by atoms with Crippen LogP contribution in [-0.2, 0) is 0 Å². The number of benzene rings is 1. The van der Waals surface area contributed by atoms with Gasteiger partial charge in [-0.05, 0) is 38.5 Å². The SMILES string of the molecule is CCN(C(=O)c1oncc1C)c1cccc(C)c1. The van der Waals surface area contributed by atoms with E-state index in [1.807, 2.05) is 45.0 Å². The molecule has 0 spiro atoms. The molecule has 0 saturated heterocycles. The number of hydrogen-bond acceptors (Lipinski definition) is 3. The summed E-state index contributed by atoms with van der Waals surface area (Å²) in [4.78, 5) is 14.0. The largest absolute Gasteiger partial charge is 0.351 e. The van der Waals surface area contributed by atoms with Gasteiger partial charge in [0.2, 0.25) is 5.76 Å². The lowest BCUT2D eigenvalue weighted by Crippen LogP contribution is -2.30. The van der Waals surface area contributed by atoms with E-state index in [1.54, 1.807) is 11.1 Å². The first-order valence-corrected chi connectivity index (χ1v) is 5.93. The summed E-state index contributed by atoms with van der Waals surface area (Å²) in [5, 5.41) is 3.65. The van der Waals surface area contributed by atoms with Crippen molar-refractivity contribution < 1.29 is 9.32 Å². The van der Waals surface area contributed by atoms with E-state index in [0.29, 0.717) is 12.3 Å². The molecule has 2 aromatic rings. The highest BCUT2D eigenvalue weighted by atomic mass is 16.5. The normalized spacial score (nSPS) is 10.4. The number of rotatable bonds is 3. The lowest BCUT2D eigenvalue weighted by Gasteiger charge is -2.20. The molecule has 4 nitrogen and oxygen atoms in total. The number of nitrogens with zero attached hydrogens (tertiary/aromatic N) is 2. The Balaban J connectivity index is 2.35. The number of anilines is 1. The monoisotopic (exact) mass is 244 g/mol. The average Bonchev–Trinajstić information content (AvgIpc) is 2.76. The molecule has 1 heterocycles. The van der Waals surface area contributed by atoms with Crippen molar-refractivity contribution in [1.82, 2.24) is 5.16 Å². The van der Waals surface area contributed by atoms with Crippen molar-refractivity contribution in [3.63, 3.8) is 0 Å². The van der Waals surface area contributed by atoms with Gasteiger partial charge in [-0.25, -0.2) is 0 Å². The van der Waals surface area contributed by atoms with Crippen LogP contribution < -0.4 is 4.90 Å². The molecular weight excluding hydrogens is 228 g/mol. The van der Waals surface area contributed by atoms with Gasteiger partial charge in [0.05, 0.1) is 6.20 Å². The number of hydrogen-bond donors (Lipinski definition) is 0. The van der Waals surface area contributed by atoms with Gasteiger partial charge >= 0.3 is 0 Å². The van der Waals surface area contributed by atoms with Crippen LogP contribution >= 0.6 is 0 Å². The molecule has 2 rings (SSSR count). The van der Waals surface area contributed by atoms with Crippen molar-refractivity contribution in [2.24, 2.45) is 0 Å². The molecule has 1 aromatic carbocycles. The molecule has 0 aliphatic rings. The summed E-state index contributed by atoms with van der Waals surface area (Å²) in [5.74, 6) is 0.149. The maximum Gasteiger partial charge on any atom is 0.297 e. The first-order chi connectivity index (χ1) is 8.63. The molecule has 18 heavy (non-hydrogen) atoms. The second-order valence-electron chi connectivity index (χ2n) is 4.23. The van der Waals surface area contributed by atoms with Crippen LogP contribution in [0.5, 0.6) is 0 Å². The second kappa shape index (κ2) is 5.04. The highest BCUT2D eigenvalue weighted by molar-refractivity contribution is 6.04. The molecule has 0 radical (unpaired) electrons. The van der Waals surface area contributed by atoms with Crippen molar-refractivity contribution in [3.05, 3.63) is 47.3 Å². The first-order valence-electron chi connectivity index (χ1n) is 5.93. The van der Waals surface area contributed by atoms with Gasteiger partial charge in [-0.15, -0.1) is 0 Å². The Kier molecular flexibility index (Phi) is 3.46. The molecule has 0 N–H and O–H groups in total. The van der Waals surface area contributed by atoms with Gasteiger partial charge < -0.3 is 9.42 Å². The zero-order valence-electron chi connectivity index (χ0n) is 10.8. The summed E-state index contributed by atoms with van der Waals surface area (Å²) in [6.45, 7) is 6.34. The smallest absolute Gasteiger partial charge is 0.297 e. The predicted octanol–water partition coefficient (Wildman–Crippen LogP) is 2.96. The van der Waals surface area contributed by atoms with Crippen molar-refractivity contribution in [2.45, 2.75) is 20.8 Å². The van der Waals surface area contributed by atoms with Crippen LogP contribution in [0.4, 0.5) is 5.69 Å². The number of carbonyl (C=O) groups is 1. The van der Waals surface area contributed by atoms with Crippen molar-refractivity contribution in [2.75, 3.05) is 11.4 Å². The van der Waals surface area contributed by atoms with Crippen LogP contribution in [0.15, 0.2) is 35.0 Å². The van der Waals surface area contributed by atoms with Crippen LogP contribution in [0.25, 0.3) is 0 Å². The van der Waals surface area contributed by atoms with Crippen molar-refractivity contribution >= 4 is 11.6 Å². The lowest BCUT2D eigenvalue weighted by molar-refractivity contribution is 0.0952. The van der Waals surface area contributed by atoms with E-state index in [9.17, 15) is 4.79 Å². The van der Waals surface area contributed by atoms with Gasteiger partial charge in [-0.2, -0.15) is 0 Å². The quantitative estimate of drug-likeness (QED) is 0.833. The Morgan fingerprint density at radius 1 is 1.39 bits per heavy atom. The molecule has 94 valence electrons. The van der Waals surface area contributed by atoms with Gasteiger partial charge in [0.15, 0.2) is 0 Å². The predicted molar refractivity (Wildman–Crippen MR) is 69.8 cm³/mol. The Bertz CT molecular complexity index is 560. The number of aryl methyl sites for hydroxylation is 2. The number of aromatic nitrogens is 1. The topological polar surface area (TPSA) is 46.3 Å². The maximum absolute atomic E-state index is 12.4. The van der Waals surface area contributed by atoms with Gasteiger partial charge in [0.1, 0.15) is 0 Å². The highest BCUT2D eigenvalue weighted by Crippen LogP contribution is 2.19. The minimum absolute atomic E-state index is 0.155. The summed E-state index contributed by atoms with van der Waals surface area (Å²) < 4.78 is 5.02. The fraction of sp³-hybridized carbons (Fsp3) is 0.286. The molecule has 0 bridgehead atoms. The van der Waals surface area contributed by atoms with Crippen molar-refractivity contribution in [3.8, 4) is 0 Å². The van der Waals surface area contributed by atoms with E-state index in [-0.39, 0.29) is 5.91 Å². The Hall–Kier alpha value is -2.10. The minimum Gasteiger partial charge on any atom is -0.351 e. The molecule has 0 saturated carbocycles. The summed E-state index contributed by atoms with van der Waals surface area (Å²) >= 11 is 0. The summed E-state index contributed by atoms with van der Waals surface area (Å²) in [6, 6.07) is 7.84. The zero-order chi connectivity index (χ0) is 13.1. The van der Waals surface area contributed by atoms with Crippen LogP contribution in [0.2, 0.25) is 0 Å². The van der Waals surface area contributed by atoms with E-state index >= 15 is 0 Å². The molecule has 0 fully saturated rings. The van der Waals surface area contributed by atoms with Gasteiger partial charge in [0.25, 0.3) is 5.91 Å². The molecule has 0 atom stereocenters. The van der Waals surface area contributed by atoms with Gasteiger partial charge in [-0.3, -0.25) is 4.79 Å². The molecule has 0 aliphatic heterocycles. The molecule has 1 amide bonds. The third-order valence-corrected chi connectivity index (χ3v) is 2.82. The van der Waals surface area contributed by atoms with Gasteiger partial charge in [0, 0.05) is 17.8 Å². The fourth-order valence-corrected chi connectivity index (χ4v) is 1.86. The average molecular weight is 244 g/mol. The Morgan fingerprint density at radius 2 is 2.17 bits per heavy atom. The Morgan fingerprint density at radius 3 is 2.72 bits per heavy atom. The number of carbonyl (C=O) groups excluding carboxylic acids is 1. The van der Waals surface area contributed by atoms with E-state index in [0.717, 1.165) is 16.8 Å². The van der Waals surface area contributed by atoms with E-state index in [1.165, 1.54) is 0 Å². The highest BCUT2D eigenvalue weighted by Gasteiger charge is 2.21. The van der Waals surface area contributed by atoms with E-state index in [4.69, 9.17) is 4.52 Å². The van der Waals surface area contributed by atoms with Crippen molar-refractivity contribution in [1.29, 1.82) is 0 Å². The Labute approximate surface area is 106 Å². The summed E-state index contributed by atoms with van der Waals surface area (Å²) in [5.41, 5.74) is 2.75. The van der Waals surface area contributed by atoms with Gasteiger partial charge in [-0.1, -0.05) is 17.3 Å². The van der Waals surface area contributed by atoms with Crippen LogP contribution in [0, 0.1) is 13.8 Å². The standard InChI is InChI=1S/C14H16N2O2/c1-4-16(12-7-5-6-10(2)8-12)14(17)13-11(3)9-15-18-13/h5-9H,4H2,1-3H3. The number of amides is 1. The van der Waals surface area contributed by atoms with E-state index in [2.05, 4.69) is 5.16 Å². The molecule has 0 aliphatic carbocycles. The summed E-state index contributed by atoms with van der Waals surface area (Å²) in [7, 11) is 0. The maximum atomic E-state index is 12.4. The minimum atomic E-state index is -0.155. The summed E-state index contributed by atoms with van der Waals surface area (Å²) in [6.07, 6.45) is 1.55. The van der Waals surface area contributed by atoms with E-state index < -0.39 is 0 Å². The third kappa shape index (κ3) is 2.27. The molecule has 1 aromatic heterocycles. The van der Waals surface area contributed by atoms with Crippen LogP contribution in [0.1, 0.15) is 28.6 Å². The zero-order valence-corrected chi connectivity index (χ0v) is 10.8. The van der Waals surface area contributed by atoms with Crippen LogP contribution in [0.3, 0.4) is 0 Å².